The molecule has 2 nitrogen and oxygen atoms in total. The lowest BCUT2D eigenvalue weighted by molar-refractivity contribution is 1.32. The van der Waals surface area contributed by atoms with Crippen molar-refractivity contribution >= 4 is 22.1 Å². The van der Waals surface area contributed by atoms with Crippen molar-refractivity contribution in [2.75, 3.05) is 0 Å². The molecule has 56 heavy (non-hydrogen) atoms. The molecule has 0 aliphatic heterocycles. The predicted octanol–water partition coefficient (Wildman–Crippen LogP) is 14.1. The van der Waals surface area contributed by atoms with Gasteiger partial charge in [0.05, 0.1) is 17.1 Å². The highest BCUT2D eigenvalue weighted by molar-refractivity contribution is 6.13. The predicted molar refractivity (Wildman–Crippen MR) is 236 cm³/mol. The maximum absolute atomic E-state index is 9.02. The highest BCUT2D eigenvalue weighted by atomic mass is 14.7. The van der Waals surface area contributed by atoms with Gasteiger partial charge in [-0.1, -0.05) is 200 Å². The summed E-state index contributed by atoms with van der Waals surface area (Å²) in [5, 5.41) is 11.3. The van der Waals surface area contributed by atoms with Gasteiger partial charge in [0.15, 0.2) is 0 Å². The number of rotatable bonds is 9. The van der Waals surface area contributed by atoms with E-state index in [0.29, 0.717) is 5.71 Å². The maximum Gasteiger partial charge on any atom is 0.0715 e. The first kappa shape index (κ1) is 34.4. The number of nitrogens with one attached hydrogen (secondary N) is 1. The van der Waals surface area contributed by atoms with Crippen LogP contribution in [0.25, 0.3) is 72.2 Å². The van der Waals surface area contributed by atoms with Gasteiger partial charge in [-0.25, -0.2) is 4.98 Å². The van der Waals surface area contributed by atoms with Crippen molar-refractivity contribution < 1.29 is 0 Å². The number of pyridine rings is 1. The van der Waals surface area contributed by atoms with Crippen LogP contribution in [0.1, 0.15) is 16.7 Å². The van der Waals surface area contributed by atoms with E-state index in [4.69, 9.17) is 10.4 Å². The molecule has 0 atom stereocenters. The van der Waals surface area contributed by atoms with Crippen LogP contribution < -0.4 is 0 Å². The summed E-state index contributed by atoms with van der Waals surface area (Å²) in [5.74, 6) is 0. The largest absolute Gasteiger partial charge is 0.300 e. The SMILES string of the molecule is N=C(/C=C(/c1ccccc1)c1cccc2ccc(-c3ccc(-c4cc(-c5ccccc5)nc(-c5ccc(-c6ccccc6)cc5)c4)cc3)cc12)c1ccccc1. The highest BCUT2D eigenvalue weighted by Gasteiger charge is 2.14. The molecule has 0 aliphatic rings. The zero-order valence-corrected chi connectivity index (χ0v) is 30.8. The fourth-order valence-electron chi connectivity index (χ4n) is 7.39. The van der Waals surface area contributed by atoms with Gasteiger partial charge in [0, 0.05) is 11.1 Å². The molecular formula is C54H38N2. The third kappa shape index (κ3) is 7.24. The van der Waals surface area contributed by atoms with Crippen LogP contribution in [-0.4, -0.2) is 10.7 Å². The Morgan fingerprint density at radius 1 is 0.357 bits per heavy atom. The van der Waals surface area contributed by atoms with Crippen LogP contribution in [0.5, 0.6) is 0 Å². The molecule has 0 saturated heterocycles. The number of hydrogen-bond donors (Lipinski definition) is 1. The van der Waals surface area contributed by atoms with Gasteiger partial charge in [-0.3, -0.25) is 0 Å². The minimum atomic E-state index is 0.479. The molecule has 1 heterocycles. The van der Waals surface area contributed by atoms with Gasteiger partial charge in [0.1, 0.15) is 0 Å². The van der Waals surface area contributed by atoms with E-state index in [1.165, 1.54) is 11.1 Å². The van der Waals surface area contributed by atoms with Crippen molar-refractivity contribution in [3.63, 3.8) is 0 Å². The van der Waals surface area contributed by atoms with E-state index < -0.39 is 0 Å². The summed E-state index contributed by atoms with van der Waals surface area (Å²) in [6.07, 6.45) is 2.01. The second-order valence-electron chi connectivity index (χ2n) is 14.0. The summed E-state index contributed by atoms with van der Waals surface area (Å²) in [7, 11) is 0. The lowest BCUT2D eigenvalue weighted by Gasteiger charge is -2.14. The minimum absolute atomic E-state index is 0.479. The van der Waals surface area contributed by atoms with Crippen molar-refractivity contribution in [2.24, 2.45) is 0 Å². The lowest BCUT2D eigenvalue weighted by Crippen LogP contribution is -1.98. The summed E-state index contributed by atoms with van der Waals surface area (Å²) < 4.78 is 0. The molecule has 0 spiro atoms. The Kier molecular flexibility index (Phi) is 9.52. The quantitative estimate of drug-likeness (QED) is 0.149. The molecule has 9 rings (SSSR count). The van der Waals surface area contributed by atoms with E-state index in [1.807, 2.05) is 54.6 Å². The van der Waals surface area contributed by atoms with E-state index in [0.717, 1.165) is 77.8 Å². The standard InChI is InChI=1S/C54H38N2/c55-52(44-18-9-3-10-19-44)37-51(42-16-7-2-8-17-42)49-23-13-22-43-30-33-47(34-50(43)49)40-24-26-41(27-25-40)48-35-53(45-20-11-4-12-21-45)56-54(36-48)46-31-28-39(29-32-46)38-14-5-1-6-15-38/h1-37,55H/b51-37-,55-52?. The molecule has 1 N–H and O–H groups in total. The second-order valence-corrected chi connectivity index (χ2v) is 14.0. The first-order valence-corrected chi connectivity index (χ1v) is 18.9. The monoisotopic (exact) mass is 714 g/mol. The average molecular weight is 715 g/mol. The van der Waals surface area contributed by atoms with Gasteiger partial charge < -0.3 is 5.41 Å². The summed E-state index contributed by atoms with van der Waals surface area (Å²) in [4.78, 5) is 5.16. The molecule has 1 aromatic heterocycles. The molecule has 0 saturated carbocycles. The summed E-state index contributed by atoms with van der Waals surface area (Å²) in [6.45, 7) is 0. The van der Waals surface area contributed by atoms with Crippen molar-refractivity contribution in [2.45, 2.75) is 0 Å². The molecule has 9 aromatic rings. The minimum Gasteiger partial charge on any atom is -0.300 e. The topological polar surface area (TPSA) is 36.7 Å². The van der Waals surface area contributed by atoms with Gasteiger partial charge >= 0.3 is 0 Å². The molecule has 8 aromatic carbocycles. The van der Waals surface area contributed by atoms with Gasteiger partial charge in [-0.05, 0) is 90.7 Å². The van der Waals surface area contributed by atoms with Crippen LogP contribution in [0.2, 0.25) is 0 Å². The molecule has 0 fully saturated rings. The summed E-state index contributed by atoms with van der Waals surface area (Å²) >= 11 is 0. The Labute approximate surface area is 328 Å². The van der Waals surface area contributed by atoms with Crippen LogP contribution in [0, 0.1) is 5.41 Å². The average Bonchev–Trinajstić information content (AvgIpc) is 3.29. The van der Waals surface area contributed by atoms with Crippen LogP contribution >= 0.6 is 0 Å². The molecule has 0 radical (unpaired) electrons. The third-order valence-corrected chi connectivity index (χ3v) is 10.4. The summed E-state index contributed by atoms with van der Waals surface area (Å²) in [6, 6.07) is 76.3. The molecule has 0 unspecified atom stereocenters. The number of allylic oxidation sites excluding steroid dienone is 1. The summed E-state index contributed by atoms with van der Waals surface area (Å²) in [5.41, 5.74) is 15.5. The zero-order chi connectivity index (χ0) is 37.7. The van der Waals surface area contributed by atoms with E-state index in [1.54, 1.807) is 0 Å². The molecule has 0 amide bonds. The van der Waals surface area contributed by atoms with Crippen molar-refractivity contribution in [3.8, 4) is 55.9 Å². The fraction of sp³-hybridized carbons (Fsp3) is 0. The van der Waals surface area contributed by atoms with Crippen LogP contribution in [-0.2, 0) is 0 Å². The number of benzene rings is 8. The Balaban J connectivity index is 1.08. The van der Waals surface area contributed by atoms with Gasteiger partial charge in [0.25, 0.3) is 0 Å². The fourth-order valence-corrected chi connectivity index (χ4v) is 7.39. The first-order chi connectivity index (χ1) is 27.7. The number of nitrogens with zero attached hydrogens (tertiary/aromatic N) is 1. The maximum atomic E-state index is 9.02. The molecule has 2 heteroatoms. The molecular weight excluding hydrogens is 677 g/mol. The van der Waals surface area contributed by atoms with Crippen LogP contribution in [0.4, 0.5) is 0 Å². The number of aromatic nitrogens is 1. The zero-order valence-electron chi connectivity index (χ0n) is 30.8. The van der Waals surface area contributed by atoms with Gasteiger partial charge in [0.2, 0.25) is 0 Å². The molecule has 264 valence electrons. The van der Waals surface area contributed by atoms with E-state index in [2.05, 4.69) is 170 Å². The first-order valence-electron chi connectivity index (χ1n) is 18.9. The van der Waals surface area contributed by atoms with Gasteiger partial charge in [-0.15, -0.1) is 0 Å². The second kappa shape index (κ2) is 15.5. The number of fused-ring (bicyclic) bond motifs is 1. The lowest BCUT2D eigenvalue weighted by atomic mass is 9.90. The van der Waals surface area contributed by atoms with Crippen molar-refractivity contribution in [1.29, 1.82) is 5.41 Å². The number of hydrogen-bond acceptors (Lipinski definition) is 2. The Morgan fingerprint density at radius 3 is 1.41 bits per heavy atom. The normalized spacial score (nSPS) is 11.4. The van der Waals surface area contributed by atoms with Crippen LogP contribution in [0.3, 0.4) is 0 Å². The van der Waals surface area contributed by atoms with E-state index in [9.17, 15) is 0 Å². The Hall–Kier alpha value is -7.42. The Bertz CT molecular complexity index is 2810. The van der Waals surface area contributed by atoms with E-state index >= 15 is 0 Å². The third-order valence-electron chi connectivity index (χ3n) is 10.4. The smallest absolute Gasteiger partial charge is 0.0715 e. The van der Waals surface area contributed by atoms with Gasteiger partial charge in [-0.2, -0.15) is 0 Å². The highest BCUT2D eigenvalue weighted by Crippen LogP contribution is 2.36. The molecule has 0 bridgehead atoms. The van der Waals surface area contributed by atoms with E-state index in [-0.39, 0.29) is 0 Å². The van der Waals surface area contributed by atoms with Crippen molar-refractivity contribution in [3.05, 3.63) is 241 Å². The van der Waals surface area contributed by atoms with Crippen LogP contribution in [0.15, 0.2) is 224 Å². The Morgan fingerprint density at radius 2 is 0.804 bits per heavy atom. The van der Waals surface area contributed by atoms with Crippen molar-refractivity contribution in [1.82, 2.24) is 4.98 Å². The molecule has 0 aliphatic carbocycles.